The molecule has 1 aromatic carbocycles. The predicted octanol–water partition coefficient (Wildman–Crippen LogP) is 4.35. The van der Waals surface area contributed by atoms with Gasteiger partial charge in [0, 0.05) is 10.7 Å². The summed E-state index contributed by atoms with van der Waals surface area (Å²) in [4.78, 5) is 11.0. The van der Waals surface area contributed by atoms with Crippen LogP contribution in [-0.2, 0) is 4.79 Å². The van der Waals surface area contributed by atoms with E-state index in [0.717, 1.165) is 10.7 Å². The Balaban J connectivity index is 3.11. The molecule has 1 atom stereocenters. The Kier molecular flexibility index (Phi) is 7.03. The van der Waals surface area contributed by atoms with Crippen molar-refractivity contribution in [3.8, 4) is 5.75 Å². The molecule has 7 heteroatoms. The van der Waals surface area contributed by atoms with Gasteiger partial charge in [-0.15, -0.1) is 0 Å². The molecule has 0 aliphatic heterocycles. The zero-order chi connectivity index (χ0) is 13.2. The zero-order valence-electron chi connectivity index (χ0n) is 8.64. The molecule has 0 aliphatic rings. The monoisotopic (exact) mass is 684 g/mol. The first-order chi connectivity index (χ1) is 7.88. The second kappa shape index (κ2) is 7.26. The Morgan fingerprint density at radius 3 is 2.35 bits per heavy atom. The van der Waals surface area contributed by atoms with Gasteiger partial charge < -0.3 is 9.84 Å². The highest BCUT2D eigenvalue weighted by atomic mass is 127. The average molecular weight is 684 g/mol. The highest BCUT2D eigenvalue weighted by Gasteiger charge is 2.20. The highest BCUT2D eigenvalue weighted by molar-refractivity contribution is 14.1. The molecule has 0 saturated carbocycles. The lowest BCUT2D eigenvalue weighted by atomic mass is 10.3. The fraction of sp³-hybridized carbons (Fsp3) is 0.300. The van der Waals surface area contributed by atoms with Crippen molar-refractivity contribution in [1.29, 1.82) is 0 Å². The molecule has 1 N–H and O–H groups in total. The number of hydrogen-bond acceptors (Lipinski definition) is 2. The molecule has 0 spiro atoms. The highest BCUT2D eigenvalue weighted by Crippen LogP contribution is 2.33. The van der Waals surface area contributed by atoms with E-state index in [1.54, 1.807) is 6.92 Å². The molecule has 94 valence electrons. The van der Waals surface area contributed by atoms with Crippen LogP contribution in [0.1, 0.15) is 13.3 Å². The van der Waals surface area contributed by atoms with Gasteiger partial charge >= 0.3 is 5.97 Å². The standard InChI is InChI=1S/C10H8I4O3/c1-2-5(10(15)16)17-6-3-4(11)7(12)9(14)8(6)13/h3,5H,2H2,1H3,(H,15,16). The Hall–Kier alpha value is 1.41. The zero-order valence-corrected chi connectivity index (χ0v) is 17.3. The number of hydrogen-bond donors (Lipinski definition) is 1. The molecule has 0 aromatic heterocycles. The van der Waals surface area contributed by atoms with E-state index in [0.29, 0.717) is 12.2 Å². The van der Waals surface area contributed by atoms with Crippen LogP contribution in [0.4, 0.5) is 0 Å². The van der Waals surface area contributed by atoms with Crippen molar-refractivity contribution in [3.05, 3.63) is 20.3 Å². The smallest absolute Gasteiger partial charge is 0.344 e. The van der Waals surface area contributed by atoms with Crippen LogP contribution in [0, 0.1) is 14.3 Å². The fourth-order valence-electron chi connectivity index (χ4n) is 1.10. The third kappa shape index (κ3) is 4.19. The first-order valence-corrected chi connectivity index (χ1v) is 8.92. The summed E-state index contributed by atoms with van der Waals surface area (Å²) >= 11 is 8.94. The maximum Gasteiger partial charge on any atom is 0.344 e. The van der Waals surface area contributed by atoms with Crippen LogP contribution in [0.15, 0.2) is 6.07 Å². The number of halogens is 4. The summed E-state index contributed by atoms with van der Waals surface area (Å²) in [6.45, 7) is 1.80. The molecule has 0 heterocycles. The largest absolute Gasteiger partial charge is 0.479 e. The number of ether oxygens (including phenoxy) is 1. The topological polar surface area (TPSA) is 46.5 Å². The second-order valence-corrected chi connectivity index (χ2v) is 7.55. The number of carboxylic acids is 1. The van der Waals surface area contributed by atoms with Gasteiger partial charge in [0.05, 0.1) is 3.57 Å². The fourth-order valence-corrected chi connectivity index (χ4v) is 4.22. The Morgan fingerprint density at radius 1 is 1.29 bits per heavy atom. The predicted molar refractivity (Wildman–Crippen MR) is 99.7 cm³/mol. The summed E-state index contributed by atoms with van der Waals surface area (Å²) in [5.74, 6) is -0.277. The summed E-state index contributed by atoms with van der Waals surface area (Å²) in [6, 6.07) is 1.89. The minimum absolute atomic E-state index is 0.449. The molecule has 0 aliphatic carbocycles. The lowest BCUT2D eigenvalue weighted by molar-refractivity contribution is -0.145. The number of aliphatic carboxylic acids is 1. The van der Waals surface area contributed by atoms with Gasteiger partial charge in [0.25, 0.3) is 0 Å². The Labute approximate surface area is 154 Å². The van der Waals surface area contributed by atoms with Gasteiger partial charge in [-0.05, 0) is 103 Å². The van der Waals surface area contributed by atoms with Crippen LogP contribution in [-0.4, -0.2) is 17.2 Å². The third-order valence-corrected chi connectivity index (χ3v) is 9.20. The van der Waals surface area contributed by atoms with Crippen molar-refractivity contribution in [2.45, 2.75) is 19.4 Å². The summed E-state index contributed by atoms with van der Waals surface area (Å²) in [5.41, 5.74) is 0. The van der Waals surface area contributed by atoms with Crippen molar-refractivity contribution in [3.63, 3.8) is 0 Å². The van der Waals surface area contributed by atoms with Gasteiger partial charge in [0.15, 0.2) is 6.10 Å². The van der Waals surface area contributed by atoms with E-state index in [2.05, 4.69) is 90.4 Å². The van der Waals surface area contributed by atoms with E-state index in [-0.39, 0.29) is 0 Å². The van der Waals surface area contributed by atoms with E-state index in [9.17, 15) is 4.79 Å². The molecule has 1 aromatic rings. The third-order valence-electron chi connectivity index (χ3n) is 1.98. The van der Waals surface area contributed by atoms with Crippen molar-refractivity contribution in [1.82, 2.24) is 0 Å². The van der Waals surface area contributed by atoms with E-state index in [4.69, 9.17) is 9.84 Å². The van der Waals surface area contributed by atoms with Crippen molar-refractivity contribution < 1.29 is 14.6 Å². The van der Waals surface area contributed by atoms with Crippen LogP contribution in [0.2, 0.25) is 0 Å². The first-order valence-electron chi connectivity index (χ1n) is 4.60. The van der Waals surface area contributed by atoms with E-state index < -0.39 is 12.1 Å². The lowest BCUT2D eigenvalue weighted by Gasteiger charge is -2.16. The minimum atomic E-state index is -0.924. The Morgan fingerprint density at radius 2 is 1.88 bits per heavy atom. The molecule has 17 heavy (non-hydrogen) atoms. The quantitative estimate of drug-likeness (QED) is 0.292. The van der Waals surface area contributed by atoms with E-state index in [1.807, 2.05) is 6.07 Å². The van der Waals surface area contributed by atoms with Crippen molar-refractivity contribution >= 4 is 96.3 Å². The minimum Gasteiger partial charge on any atom is -0.479 e. The molecule has 0 amide bonds. The van der Waals surface area contributed by atoms with Gasteiger partial charge in [-0.3, -0.25) is 0 Å². The maximum atomic E-state index is 11.0. The van der Waals surface area contributed by atoms with Crippen LogP contribution in [0.5, 0.6) is 5.75 Å². The second-order valence-electron chi connectivity index (χ2n) is 3.15. The van der Waals surface area contributed by atoms with Crippen molar-refractivity contribution in [2.24, 2.45) is 0 Å². The Bertz CT molecular complexity index is 448. The number of carboxylic acid groups (broad SMARTS) is 1. The van der Waals surface area contributed by atoms with Crippen LogP contribution < -0.4 is 4.74 Å². The molecule has 0 saturated heterocycles. The first kappa shape index (κ1) is 16.5. The van der Waals surface area contributed by atoms with Crippen LogP contribution in [0.3, 0.4) is 0 Å². The molecular weight excluding hydrogens is 676 g/mol. The summed E-state index contributed by atoms with van der Waals surface area (Å²) in [7, 11) is 0. The van der Waals surface area contributed by atoms with Gasteiger partial charge in [0.1, 0.15) is 5.75 Å². The van der Waals surface area contributed by atoms with Crippen LogP contribution >= 0.6 is 90.4 Å². The molecule has 1 unspecified atom stereocenters. The van der Waals surface area contributed by atoms with Gasteiger partial charge in [-0.1, -0.05) is 6.92 Å². The molecule has 0 fully saturated rings. The lowest BCUT2D eigenvalue weighted by Crippen LogP contribution is -2.26. The molecule has 1 rings (SSSR count). The van der Waals surface area contributed by atoms with E-state index in [1.165, 1.54) is 3.57 Å². The van der Waals surface area contributed by atoms with E-state index >= 15 is 0 Å². The molecule has 0 bridgehead atoms. The average Bonchev–Trinajstić information content (AvgIpc) is 2.29. The van der Waals surface area contributed by atoms with Crippen LogP contribution in [0.25, 0.3) is 0 Å². The van der Waals surface area contributed by atoms with Gasteiger partial charge in [-0.2, -0.15) is 0 Å². The number of benzene rings is 1. The molecule has 3 nitrogen and oxygen atoms in total. The summed E-state index contributed by atoms with van der Waals surface area (Å²) < 4.78 is 9.86. The SMILES string of the molecule is CCC(Oc1cc(I)c(I)c(I)c1I)C(=O)O. The number of carbonyl (C=O) groups is 1. The van der Waals surface area contributed by atoms with Gasteiger partial charge in [-0.25, -0.2) is 4.79 Å². The molecular formula is C10H8I4O3. The summed E-state index contributed by atoms with van der Waals surface area (Å²) in [6.07, 6.45) is -0.333. The normalized spacial score (nSPS) is 12.3. The maximum absolute atomic E-state index is 11.0. The summed E-state index contributed by atoms with van der Waals surface area (Å²) in [5, 5.41) is 8.99. The van der Waals surface area contributed by atoms with Gasteiger partial charge in [0.2, 0.25) is 0 Å². The number of rotatable bonds is 4. The molecule has 0 radical (unpaired) electrons. The van der Waals surface area contributed by atoms with Crippen molar-refractivity contribution in [2.75, 3.05) is 0 Å².